The van der Waals surface area contributed by atoms with Crippen LogP contribution in [0.4, 0.5) is 4.79 Å². The van der Waals surface area contributed by atoms with E-state index in [1.54, 1.807) is 0 Å². The van der Waals surface area contributed by atoms with Crippen LogP contribution in [0.15, 0.2) is 10.6 Å². The Balaban J connectivity index is 2.06. The molecule has 1 saturated heterocycles. The van der Waals surface area contributed by atoms with Crippen LogP contribution >= 0.6 is 107 Å². The summed E-state index contributed by atoms with van der Waals surface area (Å²) in [6.45, 7) is 0.517. The molecule has 2 heterocycles. The number of amides is 1. The first-order chi connectivity index (χ1) is 13.7. The van der Waals surface area contributed by atoms with Gasteiger partial charge in [0.05, 0.1) is 0 Å². The van der Waals surface area contributed by atoms with E-state index >= 15 is 0 Å². The maximum atomic E-state index is 12.8. The molecule has 0 aromatic heterocycles. The van der Waals surface area contributed by atoms with E-state index in [9.17, 15) is 14.4 Å². The molecule has 16 heteroatoms. The molecule has 0 saturated carbocycles. The Morgan fingerprint density at radius 3 is 2.23 bits per heavy atom. The van der Waals surface area contributed by atoms with Crippen molar-refractivity contribution in [2.75, 3.05) is 18.5 Å². The minimum absolute atomic E-state index is 0.0436. The quantitative estimate of drug-likeness (QED) is 0.160. The second-order valence-electron chi connectivity index (χ2n) is 5.88. The number of carbonyl (C=O) groups excluding carboxylic acids is 3. The molecule has 1 amide bonds. The Hall–Kier alpha value is 0.870. The maximum absolute atomic E-state index is 12.8. The van der Waals surface area contributed by atoms with Gasteiger partial charge in [-0.1, -0.05) is 107 Å². The van der Waals surface area contributed by atoms with E-state index in [-0.39, 0.29) is 5.70 Å². The molecule has 0 N–H and O–H groups in total. The smallest absolute Gasteiger partial charge is 0.456 e. The van der Waals surface area contributed by atoms with Crippen LogP contribution in [0, 0.1) is 5.92 Å². The summed E-state index contributed by atoms with van der Waals surface area (Å²) in [5.41, 5.74) is 0.0436. The number of esters is 1. The molecule has 0 radical (unpaired) electrons. The van der Waals surface area contributed by atoms with Gasteiger partial charge in [-0.3, -0.25) is 9.69 Å². The number of alkyl halides is 7. The monoisotopic (exact) mass is 643 g/mol. The van der Waals surface area contributed by atoms with Crippen molar-refractivity contribution in [1.82, 2.24) is 4.90 Å². The first-order valence-corrected chi connectivity index (χ1v) is 13.4. The molecular formula is C14H12BrCl6NO6S2. The van der Waals surface area contributed by atoms with Gasteiger partial charge in [0.15, 0.2) is 0 Å². The molecule has 2 rings (SSSR count). The summed E-state index contributed by atoms with van der Waals surface area (Å²) in [5, 5.41) is -0.184. The zero-order valence-electron chi connectivity index (χ0n) is 14.7. The van der Waals surface area contributed by atoms with Gasteiger partial charge in [0.1, 0.15) is 36.3 Å². The normalized spacial score (nSPS) is 22.8. The maximum Gasteiger partial charge on any atom is 0.508 e. The van der Waals surface area contributed by atoms with Crippen molar-refractivity contribution in [2.45, 2.75) is 26.0 Å². The van der Waals surface area contributed by atoms with Crippen molar-refractivity contribution in [1.29, 1.82) is 0 Å². The standard InChI is InChI=1S/C14H12BrCl6NO6S2/c1-5(28-12(25)27-4-14(19,20)21)7-9(23)22-8(6(2-15)29-30-10(7)22)11(24)26-3-13(16,17)18/h5,7,10H,2-4H2,1H3/t5-,7+,10-/m1/s1. The Morgan fingerprint density at radius 1 is 1.13 bits per heavy atom. The highest BCUT2D eigenvalue weighted by Gasteiger charge is 2.57. The van der Waals surface area contributed by atoms with Crippen molar-refractivity contribution in [2.24, 2.45) is 5.92 Å². The molecule has 7 nitrogen and oxygen atoms in total. The lowest BCUT2D eigenvalue weighted by Crippen LogP contribution is -2.64. The van der Waals surface area contributed by atoms with Crippen LogP contribution in [-0.4, -0.2) is 60.5 Å². The predicted molar refractivity (Wildman–Crippen MR) is 124 cm³/mol. The summed E-state index contributed by atoms with van der Waals surface area (Å²) in [5.74, 6) is -1.97. The highest BCUT2D eigenvalue weighted by molar-refractivity contribution is 9.09. The number of rotatable bonds is 6. The zero-order chi connectivity index (χ0) is 22.9. The lowest BCUT2D eigenvalue weighted by molar-refractivity contribution is -0.159. The van der Waals surface area contributed by atoms with E-state index in [4.69, 9.17) is 83.8 Å². The van der Waals surface area contributed by atoms with Crippen LogP contribution in [0.3, 0.4) is 0 Å². The first-order valence-electron chi connectivity index (χ1n) is 7.84. The van der Waals surface area contributed by atoms with E-state index < -0.39 is 56.2 Å². The largest absolute Gasteiger partial charge is 0.508 e. The molecule has 2 aliphatic rings. The summed E-state index contributed by atoms with van der Waals surface area (Å²) in [6.07, 6.45) is -1.95. The SMILES string of the molecule is C[C@@H](OC(=O)OCC(Cl)(Cl)Cl)[C@H]1C(=O)N2C(C(=O)OCC(Cl)(Cl)Cl)=C(CBr)SS[C@H]12. The number of β-lactam (4-membered cyclic amide) rings is 1. The average molecular weight is 647 g/mol. The third-order valence-corrected chi connectivity index (χ3v) is 8.07. The summed E-state index contributed by atoms with van der Waals surface area (Å²) in [7, 11) is 2.61. The first kappa shape index (κ1) is 27.1. The Kier molecular flexibility index (Phi) is 9.82. The van der Waals surface area contributed by atoms with Gasteiger partial charge in [0.25, 0.3) is 0 Å². The lowest BCUT2D eigenvalue weighted by Gasteiger charge is -2.50. The Bertz CT molecular complexity index is 745. The number of carbonyl (C=O) groups is 3. The van der Waals surface area contributed by atoms with E-state index in [0.29, 0.717) is 10.2 Å². The van der Waals surface area contributed by atoms with E-state index in [1.165, 1.54) is 33.4 Å². The number of fused-ring (bicyclic) bond motifs is 1. The van der Waals surface area contributed by atoms with Gasteiger partial charge in [0, 0.05) is 10.2 Å². The van der Waals surface area contributed by atoms with Crippen molar-refractivity contribution >= 4 is 125 Å². The second kappa shape index (κ2) is 10.9. The summed E-state index contributed by atoms with van der Waals surface area (Å²) < 4.78 is 11.3. The summed E-state index contributed by atoms with van der Waals surface area (Å²) in [6, 6.07) is 0. The molecule has 0 aromatic carbocycles. The highest BCUT2D eigenvalue weighted by atomic mass is 79.9. The third kappa shape index (κ3) is 7.18. The molecule has 1 fully saturated rings. The van der Waals surface area contributed by atoms with Crippen molar-refractivity contribution in [3.63, 3.8) is 0 Å². The van der Waals surface area contributed by atoms with Crippen LogP contribution in [0.2, 0.25) is 0 Å². The Morgan fingerprint density at radius 2 is 1.70 bits per heavy atom. The number of halogens is 7. The van der Waals surface area contributed by atoms with Gasteiger partial charge in [-0.05, 0) is 6.92 Å². The van der Waals surface area contributed by atoms with Crippen molar-refractivity contribution < 1.29 is 28.6 Å². The van der Waals surface area contributed by atoms with Gasteiger partial charge < -0.3 is 14.2 Å². The molecule has 0 spiro atoms. The predicted octanol–water partition coefficient (Wildman–Crippen LogP) is 5.60. The van der Waals surface area contributed by atoms with Crippen molar-refractivity contribution in [3.8, 4) is 0 Å². The number of hydrogen-bond acceptors (Lipinski definition) is 8. The van der Waals surface area contributed by atoms with E-state index in [1.807, 2.05) is 0 Å². The van der Waals surface area contributed by atoms with Crippen LogP contribution in [0.25, 0.3) is 0 Å². The molecule has 0 bridgehead atoms. The molecule has 170 valence electrons. The van der Waals surface area contributed by atoms with E-state index in [2.05, 4.69) is 15.9 Å². The topological polar surface area (TPSA) is 82.1 Å². The zero-order valence-corrected chi connectivity index (χ0v) is 22.5. The molecule has 2 aliphatic heterocycles. The highest BCUT2D eigenvalue weighted by Crippen LogP contribution is 2.53. The van der Waals surface area contributed by atoms with Crippen LogP contribution < -0.4 is 0 Å². The van der Waals surface area contributed by atoms with Gasteiger partial charge in [-0.25, -0.2) is 9.59 Å². The summed E-state index contributed by atoms with van der Waals surface area (Å²) >= 11 is 36.6. The fourth-order valence-electron chi connectivity index (χ4n) is 2.45. The Labute approximate surface area is 218 Å². The van der Waals surface area contributed by atoms with E-state index in [0.717, 1.165) is 0 Å². The van der Waals surface area contributed by atoms with Gasteiger partial charge in [0.2, 0.25) is 13.5 Å². The molecule has 0 unspecified atom stereocenters. The number of ether oxygens (including phenoxy) is 3. The molecular weight excluding hydrogens is 635 g/mol. The fourth-order valence-corrected chi connectivity index (χ4v) is 6.79. The molecule has 3 atom stereocenters. The molecule has 30 heavy (non-hydrogen) atoms. The number of allylic oxidation sites excluding steroid dienone is 1. The minimum Gasteiger partial charge on any atom is -0.456 e. The lowest BCUT2D eigenvalue weighted by atomic mass is 9.91. The average Bonchev–Trinajstić information content (AvgIpc) is 2.61. The molecule has 0 aromatic rings. The van der Waals surface area contributed by atoms with Crippen LogP contribution in [0.1, 0.15) is 6.92 Å². The number of hydrogen-bond donors (Lipinski definition) is 0. The van der Waals surface area contributed by atoms with Gasteiger partial charge >= 0.3 is 12.1 Å². The van der Waals surface area contributed by atoms with Gasteiger partial charge in [-0.15, -0.1) is 0 Å². The van der Waals surface area contributed by atoms with Crippen LogP contribution in [0.5, 0.6) is 0 Å². The summed E-state index contributed by atoms with van der Waals surface area (Å²) in [4.78, 5) is 38.9. The third-order valence-electron chi connectivity index (χ3n) is 3.66. The molecule has 0 aliphatic carbocycles. The second-order valence-corrected chi connectivity index (χ2v) is 13.9. The van der Waals surface area contributed by atoms with Crippen molar-refractivity contribution in [3.05, 3.63) is 10.6 Å². The van der Waals surface area contributed by atoms with Crippen LogP contribution in [-0.2, 0) is 23.8 Å². The number of nitrogens with zero attached hydrogens (tertiary/aromatic N) is 1. The minimum atomic E-state index is -1.79. The van der Waals surface area contributed by atoms with Gasteiger partial charge in [-0.2, -0.15) is 0 Å². The fraction of sp³-hybridized carbons (Fsp3) is 0.643.